The van der Waals surface area contributed by atoms with Gasteiger partial charge < -0.3 is 9.47 Å². The Labute approximate surface area is 120 Å². The maximum Gasteiger partial charge on any atom is 0.343 e. The molecule has 2 aromatic heterocycles. The summed E-state index contributed by atoms with van der Waals surface area (Å²) >= 11 is 0. The van der Waals surface area contributed by atoms with Crippen molar-refractivity contribution in [3.63, 3.8) is 0 Å². The van der Waals surface area contributed by atoms with Gasteiger partial charge >= 0.3 is 11.9 Å². The molecule has 2 heterocycles. The zero-order chi connectivity index (χ0) is 15.4. The van der Waals surface area contributed by atoms with E-state index in [0.717, 1.165) is 0 Å². The Bertz CT molecular complexity index is 747. The predicted molar refractivity (Wildman–Crippen MR) is 75.6 cm³/mol. The molecule has 0 fully saturated rings. The van der Waals surface area contributed by atoms with Crippen LogP contribution >= 0.6 is 0 Å². The van der Waals surface area contributed by atoms with Crippen LogP contribution in [0.1, 0.15) is 34.6 Å². The number of fused-ring (bicyclic) bond motifs is 1. The molecule has 0 aromatic carbocycles. The SMILES string of the molecule is CCOC(=O)c1cc(C(=O)OCC)c2ccccn2c1=O. The molecule has 0 atom stereocenters. The van der Waals surface area contributed by atoms with Crippen LogP contribution in [-0.4, -0.2) is 29.6 Å². The van der Waals surface area contributed by atoms with Gasteiger partial charge in [0.1, 0.15) is 5.56 Å². The minimum absolute atomic E-state index is 0.143. The van der Waals surface area contributed by atoms with Gasteiger partial charge in [0.25, 0.3) is 5.56 Å². The molecule has 6 heteroatoms. The van der Waals surface area contributed by atoms with Crippen LogP contribution in [0.15, 0.2) is 35.3 Å². The Balaban J connectivity index is 2.72. The van der Waals surface area contributed by atoms with Crippen LogP contribution in [0.25, 0.3) is 5.52 Å². The summed E-state index contributed by atoms with van der Waals surface area (Å²) < 4.78 is 11.0. The van der Waals surface area contributed by atoms with Crippen LogP contribution < -0.4 is 5.56 Å². The van der Waals surface area contributed by atoms with E-state index in [1.54, 1.807) is 32.0 Å². The molecule has 0 aliphatic heterocycles. The smallest absolute Gasteiger partial charge is 0.343 e. The second-order valence-electron chi connectivity index (χ2n) is 4.17. The van der Waals surface area contributed by atoms with E-state index in [1.807, 2.05) is 0 Å². The van der Waals surface area contributed by atoms with Gasteiger partial charge in [-0.3, -0.25) is 9.20 Å². The molecule has 0 aliphatic rings. The summed E-state index contributed by atoms with van der Waals surface area (Å²) in [5.74, 6) is -1.35. The van der Waals surface area contributed by atoms with E-state index in [4.69, 9.17) is 9.47 Å². The molecular weight excluding hydrogens is 274 g/mol. The maximum absolute atomic E-state index is 12.3. The molecular formula is C15H15NO5. The first kappa shape index (κ1) is 14.8. The van der Waals surface area contributed by atoms with Crippen molar-refractivity contribution in [2.75, 3.05) is 13.2 Å². The number of ether oxygens (including phenoxy) is 2. The number of carbonyl (C=O) groups excluding carboxylic acids is 2. The number of nitrogens with zero attached hydrogens (tertiary/aromatic N) is 1. The molecule has 6 nitrogen and oxygen atoms in total. The van der Waals surface area contributed by atoms with Gasteiger partial charge in [-0.1, -0.05) is 6.07 Å². The van der Waals surface area contributed by atoms with Crippen LogP contribution in [0.3, 0.4) is 0 Å². The molecule has 2 aromatic rings. The normalized spacial score (nSPS) is 10.4. The standard InChI is InChI=1S/C15H15NO5/c1-3-20-14(18)10-9-11(15(19)21-4-2)13(17)16-8-6-5-7-12(10)16/h5-9H,3-4H2,1-2H3. The second kappa shape index (κ2) is 6.21. The number of esters is 2. The largest absolute Gasteiger partial charge is 0.462 e. The van der Waals surface area contributed by atoms with Crippen molar-refractivity contribution >= 4 is 17.5 Å². The highest BCUT2D eigenvalue weighted by Gasteiger charge is 2.20. The summed E-state index contributed by atoms with van der Waals surface area (Å²) in [5.41, 5.74) is -0.185. The molecule has 0 amide bonds. The molecule has 2 rings (SSSR count). The van der Waals surface area contributed by atoms with Crippen molar-refractivity contribution in [2.45, 2.75) is 13.8 Å². The van der Waals surface area contributed by atoms with E-state index in [-0.39, 0.29) is 24.3 Å². The highest BCUT2D eigenvalue weighted by Crippen LogP contribution is 2.13. The van der Waals surface area contributed by atoms with Crippen LogP contribution in [-0.2, 0) is 9.47 Å². The molecule has 0 spiro atoms. The first-order valence-corrected chi connectivity index (χ1v) is 6.58. The summed E-state index contributed by atoms with van der Waals surface area (Å²) in [6.45, 7) is 3.67. The summed E-state index contributed by atoms with van der Waals surface area (Å²) in [4.78, 5) is 36.2. The minimum Gasteiger partial charge on any atom is -0.462 e. The van der Waals surface area contributed by atoms with Crippen molar-refractivity contribution < 1.29 is 19.1 Å². The maximum atomic E-state index is 12.3. The lowest BCUT2D eigenvalue weighted by Gasteiger charge is -2.09. The third-order valence-corrected chi connectivity index (χ3v) is 2.86. The van der Waals surface area contributed by atoms with Gasteiger partial charge in [0.15, 0.2) is 0 Å². The zero-order valence-electron chi connectivity index (χ0n) is 11.8. The molecule has 0 N–H and O–H groups in total. The van der Waals surface area contributed by atoms with Crippen molar-refractivity contribution in [3.8, 4) is 0 Å². The number of pyridine rings is 2. The van der Waals surface area contributed by atoms with Crippen molar-refractivity contribution in [1.82, 2.24) is 4.40 Å². The average Bonchev–Trinajstić information content (AvgIpc) is 2.48. The van der Waals surface area contributed by atoms with Gasteiger partial charge in [-0.25, -0.2) is 9.59 Å². The monoisotopic (exact) mass is 289 g/mol. The Kier molecular flexibility index (Phi) is 4.37. The molecule has 0 saturated heterocycles. The van der Waals surface area contributed by atoms with E-state index in [2.05, 4.69) is 0 Å². The van der Waals surface area contributed by atoms with Crippen LogP contribution in [0.4, 0.5) is 0 Å². The fraction of sp³-hybridized carbons (Fsp3) is 0.267. The molecule has 0 unspecified atom stereocenters. The number of carbonyl (C=O) groups is 2. The zero-order valence-corrected chi connectivity index (χ0v) is 11.8. The number of hydrogen-bond acceptors (Lipinski definition) is 5. The lowest BCUT2D eigenvalue weighted by molar-refractivity contribution is 0.0523. The van der Waals surface area contributed by atoms with Crippen LogP contribution in [0.2, 0.25) is 0 Å². The van der Waals surface area contributed by atoms with E-state index < -0.39 is 17.5 Å². The number of hydrogen-bond donors (Lipinski definition) is 0. The highest BCUT2D eigenvalue weighted by molar-refractivity contribution is 6.00. The lowest BCUT2D eigenvalue weighted by Crippen LogP contribution is -2.25. The first-order valence-electron chi connectivity index (χ1n) is 6.58. The predicted octanol–water partition coefficient (Wildman–Crippen LogP) is 1.65. The third kappa shape index (κ3) is 2.79. The Morgan fingerprint density at radius 1 is 1.05 bits per heavy atom. The topological polar surface area (TPSA) is 74.1 Å². The summed E-state index contributed by atoms with van der Waals surface area (Å²) in [7, 11) is 0. The van der Waals surface area contributed by atoms with E-state index >= 15 is 0 Å². The minimum atomic E-state index is -0.758. The van der Waals surface area contributed by atoms with Gasteiger partial charge in [-0.05, 0) is 32.0 Å². The van der Waals surface area contributed by atoms with Crippen molar-refractivity contribution in [2.24, 2.45) is 0 Å². The molecule has 0 bridgehead atoms. The Morgan fingerprint density at radius 3 is 2.29 bits per heavy atom. The van der Waals surface area contributed by atoms with Gasteiger partial charge in [0, 0.05) is 6.20 Å². The van der Waals surface area contributed by atoms with Crippen LogP contribution in [0, 0.1) is 0 Å². The van der Waals surface area contributed by atoms with Gasteiger partial charge in [0.2, 0.25) is 0 Å². The van der Waals surface area contributed by atoms with Gasteiger partial charge in [-0.2, -0.15) is 0 Å². The highest BCUT2D eigenvalue weighted by atomic mass is 16.5. The number of rotatable bonds is 4. The molecule has 21 heavy (non-hydrogen) atoms. The fourth-order valence-electron chi connectivity index (χ4n) is 1.98. The molecule has 0 radical (unpaired) electrons. The van der Waals surface area contributed by atoms with Crippen molar-refractivity contribution in [3.05, 3.63) is 51.9 Å². The third-order valence-electron chi connectivity index (χ3n) is 2.86. The van der Waals surface area contributed by atoms with E-state index in [0.29, 0.717) is 5.52 Å². The van der Waals surface area contributed by atoms with Gasteiger partial charge in [-0.15, -0.1) is 0 Å². The lowest BCUT2D eigenvalue weighted by atomic mass is 10.1. The average molecular weight is 289 g/mol. The van der Waals surface area contributed by atoms with E-state index in [1.165, 1.54) is 16.7 Å². The molecule has 110 valence electrons. The van der Waals surface area contributed by atoms with Crippen molar-refractivity contribution in [1.29, 1.82) is 0 Å². The fourth-order valence-corrected chi connectivity index (χ4v) is 1.98. The summed E-state index contributed by atoms with van der Waals surface area (Å²) in [6.07, 6.45) is 1.49. The first-order chi connectivity index (χ1) is 10.1. The second-order valence-corrected chi connectivity index (χ2v) is 4.17. The Morgan fingerprint density at radius 2 is 1.67 bits per heavy atom. The molecule has 0 aliphatic carbocycles. The van der Waals surface area contributed by atoms with E-state index in [9.17, 15) is 14.4 Å². The summed E-state index contributed by atoms with van der Waals surface area (Å²) in [5, 5.41) is 0. The Hall–Kier alpha value is -2.63. The van der Waals surface area contributed by atoms with Gasteiger partial charge in [0.05, 0.1) is 24.3 Å². The van der Waals surface area contributed by atoms with Crippen LogP contribution in [0.5, 0.6) is 0 Å². The summed E-state index contributed by atoms with van der Waals surface area (Å²) in [6, 6.07) is 6.18. The number of aromatic nitrogens is 1. The molecule has 0 saturated carbocycles. The quantitative estimate of drug-likeness (QED) is 0.800.